The van der Waals surface area contributed by atoms with Crippen LogP contribution in [0.15, 0.2) is 16.9 Å². The molecule has 3 rings (SSSR count). The maximum Gasteiger partial charge on any atom is 0.251 e. The Morgan fingerprint density at radius 2 is 1.67 bits per heavy atom. The second-order valence-corrected chi connectivity index (χ2v) is 5.82. The van der Waals surface area contributed by atoms with E-state index < -0.39 is 0 Å². The number of H-pyrrole nitrogens is 1. The van der Waals surface area contributed by atoms with Crippen molar-refractivity contribution in [2.45, 2.75) is 25.9 Å². The molecule has 0 saturated carbocycles. The van der Waals surface area contributed by atoms with Gasteiger partial charge in [-0.15, -0.1) is 0 Å². The highest BCUT2D eigenvalue weighted by molar-refractivity contribution is 5.56. The van der Waals surface area contributed by atoms with E-state index in [-0.39, 0.29) is 17.6 Å². The van der Waals surface area contributed by atoms with Gasteiger partial charge in [-0.05, 0) is 13.8 Å². The van der Waals surface area contributed by atoms with E-state index in [1.807, 2.05) is 0 Å². The van der Waals surface area contributed by atoms with Gasteiger partial charge in [-0.25, -0.2) is 0 Å². The van der Waals surface area contributed by atoms with Gasteiger partial charge in [-0.1, -0.05) is 0 Å². The number of aromatic nitrogens is 1. The van der Waals surface area contributed by atoms with E-state index in [0.717, 1.165) is 24.6 Å². The first-order chi connectivity index (χ1) is 10.1. The summed E-state index contributed by atoms with van der Waals surface area (Å²) in [6, 6.07) is 4.31. The summed E-state index contributed by atoms with van der Waals surface area (Å²) in [5.41, 5.74) is 0.920. The van der Waals surface area contributed by atoms with E-state index in [4.69, 9.17) is 9.47 Å². The SMILES string of the molecule is CC1COCCN1c1cc(N2CCOC[C@H]2C)cc(=O)[nH]1. The van der Waals surface area contributed by atoms with Gasteiger partial charge < -0.3 is 24.3 Å². The Balaban J connectivity index is 1.90. The number of ether oxygens (including phenoxy) is 2. The summed E-state index contributed by atoms with van der Waals surface area (Å²) in [6.07, 6.45) is 0. The molecular weight excluding hydrogens is 270 g/mol. The molecule has 21 heavy (non-hydrogen) atoms. The van der Waals surface area contributed by atoms with E-state index in [9.17, 15) is 4.79 Å². The molecule has 1 aromatic heterocycles. The van der Waals surface area contributed by atoms with Crippen LogP contribution in [0, 0.1) is 0 Å². The molecule has 0 bridgehead atoms. The molecule has 2 saturated heterocycles. The Kier molecular flexibility index (Phi) is 4.17. The van der Waals surface area contributed by atoms with Crippen molar-refractivity contribution in [2.75, 3.05) is 49.3 Å². The molecule has 2 aliphatic rings. The third-order valence-corrected chi connectivity index (χ3v) is 4.19. The molecule has 1 aromatic rings. The van der Waals surface area contributed by atoms with Crippen molar-refractivity contribution < 1.29 is 9.47 Å². The van der Waals surface area contributed by atoms with Crippen LogP contribution in [0.4, 0.5) is 11.5 Å². The maximum atomic E-state index is 12.0. The minimum atomic E-state index is -0.0557. The van der Waals surface area contributed by atoms with Crippen LogP contribution in [0.2, 0.25) is 0 Å². The standard InChI is InChI=1S/C15H23N3O3/c1-11-9-20-5-3-17(11)13-7-14(16-15(19)8-13)18-4-6-21-10-12(18)2/h7-8,11-12H,3-6,9-10H2,1-2H3,(H,16,19)/t11-,12?/m1/s1. The van der Waals surface area contributed by atoms with Crippen LogP contribution < -0.4 is 15.4 Å². The summed E-state index contributed by atoms with van der Waals surface area (Å²) in [5.74, 6) is 0.881. The number of morpholine rings is 2. The fourth-order valence-corrected chi connectivity index (χ4v) is 3.03. The van der Waals surface area contributed by atoms with Crippen molar-refractivity contribution in [2.24, 2.45) is 0 Å². The van der Waals surface area contributed by atoms with Crippen molar-refractivity contribution in [1.29, 1.82) is 0 Å². The van der Waals surface area contributed by atoms with Crippen molar-refractivity contribution >= 4 is 11.5 Å². The highest BCUT2D eigenvalue weighted by Gasteiger charge is 2.23. The predicted octanol–water partition coefficient (Wildman–Crippen LogP) is 0.825. The number of hydrogen-bond acceptors (Lipinski definition) is 5. The Morgan fingerprint density at radius 3 is 2.29 bits per heavy atom. The monoisotopic (exact) mass is 293 g/mol. The van der Waals surface area contributed by atoms with E-state index >= 15 is 0 Å². The van der Waals surface area contributed by atoms with Gasteiger partial charge in [0, 0.05) is 37.0 Å². The molecule has 0 amide bonds. The second kappa shape index (κ2) is 6.07. The summed E-state index contributed by atoms with van der Waals surface area (Å²) in [5, 5.41) is 0. The van der Waals surface area contributed by atoms with Gasteiger partial charge in [0.2, 0.25) is 0 Å². The first kappa shape index (κ1) is 14.4. The molecule has 6 nitrogen and oxygen atoms in total. The number of pyridine rings is 1. The van der Waals surface area contributed by atoms with Crippen LogP contribution in [0.3, 0.4) is 0 Å². The van der Waals surface area contributed by atoms with E-state index in [1.54, 1.807) is 6.07 Å². The van der Waals surface area contributed by atoms with Gasteiger partial charge in [0.15, 0.2) is 0 Å². The molecular formula is C15H23N3O3. The first-order valence-corrected chi connectivity index (χ1v) is 7.58. The molecule has 0 radical (unpaired) electrons. The van der Waals surface area contributed by atoms with E-state index in [1.165, 1.54) is 0 Å². The Bertz CT molecular complexity index is 502. The second-order valence-electron chi connectivity index (χ2n) is 5.82. The van der Waals surface area contributed by atoms with Crippen LogP contribution in [-0.2, 0) is 9.47 Å². The molecule has 1 unspecified atom stereocenters. The highest BCUT2D eigenvalue weighted by Crippen LogP contribution is 2.24. The molecule has 2 fully saturated rings. The molecule has 6 heteroatoms. The maximum absolute atomic E-state index is 12.0. The molecule has 1 N–H and O–H groups in total. The lowest BCUT2D eigenvalue weighted by atomic mass is 10.2. The van der Waals surface area contributed by atoms with Crippen LogP contribution in [0.5, 0.6) is 0 Å². The zero-order chi connectivity index (χ0) is 14.8. The average molecular weight is 293 g/mol. The van der Waals surface area contributed by atoms with E-state index in [0.29, 0.717) is 26.4 Å². The number of rotatable bonds is 2. The van der Waals surface area contributed by atoms with Crippen molar-refractivity contribution in [3.63, 3.8) is 0 Å². The number of anilines is 2. The minimum Gasteiger partial charge on any atom is -0.377 e. The zero-order valence-electron chi connectivity index (χ0n) is 12.7. The van der Waals surface area contributed by atoms with Gasteiger partial charge in [-0.3, -0.25) is 4.79 Å². The van der Waals surface area contributed by atoms with Crippen molar-refractivity contribution in [3.8, 4) is 0 Å². The smallest absolute Gasteiger partial charge is 0.251 e. The van der Waals surface area contributed by atoms with Gasteiger partial charge in [0.25, 0.3) is 5.56 Å². The first-order valence-electron chi connectivity index (χ1n) is 7.58. The average Bonchev–Trinajstić information content (AvgIpc) is 2.47. The molecule has 2 aliphatic heterocycles. The molecule has 116 valence electrons. The van der Waals surface area contributed by atoms with Gasteiger partial charge in [0.05, 0.1) is 32.5 Å². The van der Waals surface area contributed by atoms with E-state index in [2.05, 4.69) is 34.7 Å². The predicted molar refractivity (Wildman–Crippen MR) is 82.3 cm³/mol. The Hall–Kier alpha value is -1.53. The lowest BCUT2D eigenvalue weighted by molar-refractivity contribution is 0.0980. The fraction of sp³-hybridized carbons (Fsp3) is 0.667. The molecule has 3 heterocycles. The molecule has 0 aromatic carbocycles. The lowest BCUT2D eigenvalue weighted by Crippen LogP contribution is -2.46. The summed E-state index contributed by atoms with van der Waals surface area (Å²) in [7, 11) is 0. The van der Waals surface area contributed by atoms with Gasteiger partial charge in [0.1, 0.15) is 5.82 Å². The number of hydrogen-bond donors (Lipinski definition) is 1. The summed E-state index contributed by atoms with van der Waals surface area (Å²) >= 11 is 0. The zero-order valence-corrected chi connectivity index (χ0v) is 12.7. The summed E-state index contributed by atoms with van der Waals surface area (Å²) in [4.78, 5) is 19.4. The largest absolute Gasteiger partial charge is 0.377 e. The van der Waals surface area contributed by atoms with Crippen LogP contribution >= 0.6 is 0 Å². The van der Waals surface area contributed by atoms with Crippen LogP contribution in [0.1, 0.15) is 13.8 Å². The van der Waals surface area contributed by atoms with Crippen molar-refractivity contribution in [3.05, 3.63) is 22.5 Å². The van der Waals surface area contributed by atoms with Gasteiger partial charge >= 0.3 is 0 Å². The van der Waals surface area contributed by atoms with Crippen molar-refractivity contribution in [1.82, 2.24) is 4.98 Å². The topological polar surface area (TPSA) is 57.8 Å². The Labute approximate surface area is 124 Å². The highest BCUT2D eigenvalue weighted by atomic mass is 16.5. The molecule has 2 atom stereocenters. The fourth-order valence-electron chi connectivity index (χ4n) is 3.03. The molecule has 0 aliphatic carbocycles. The summed E-state index contributed by atoms with van der Waals surface area (Å²) < 4.78 is 10.9. The number of nitrogens with zero attached hydrogens (tertiary/aromatic N) is 2. The number of aromatic amines is 1. The quantitative estimate of drug-likeness (QED) is 0.875. The van der Waals surface area contributed by atoms with Crippen LogP contribution in [-0.4, -0.2) is 56.6 Å². The lowest BCUT2D eigenvalue weighted by Gasteiger charge is -2.37. The number of nitrogens with one attached hydrogen (secondary N) is 1. The third kappa shape index (κ3) is 3.06. The van der Waals surface area contributed by atoms with Gasteiger partial charge in [-0.2, -0.15) is 0 Å². The normalized spacial score (nSPS) is 27.0. The molecule has 0 spiro atoms. The Morgan fingerprint density at radius 1 is 1.05 bits per heavy atom. The third-order valence-electron chi connectivity index (χ3n) is 4.19. The van der Waals surface area contributed by atoms with Crippen LogP contribution in [0.25, 0.3) is 0 Å². The summed E-state index contributed by atoms with van der Waals surface area (Å²) in [6.45, 7) is 8.67. The minimum absolute atomic E-state index is 0.0557.